The number of ether oxygens (including phenoxy) is 1. The van der Waals surface area contributed by atoms with Gasteiger partial charge < -0.3 is 15.4 Å². The van der Waals surface area contributed by atoms with Crippen LogP contribution in [-0.2, 0) is 0 Å². The number of anilines is 2. The third-order valence-electron chi connectivity index (χ3n) is 4.04. The molecule has 0 unspecified atom stereocenters. The van der Waals surface area contributed by atoms with Gasteiger partial charge in [-0.1, -0.05) is 0 Å². The number of nitrogens with zero attached hydrogens (tertiary/aromatic N) is 2. The van der Waals surface area contributed by atoms with Gasteiger partial charge in [0.05, 0.1) is 22.6 Å². The van der Waals surface area contributed by atoms with E-state index < -0.39 is 15.8 Å². The summed E-state index contributed by atoms with van der Waals surface area (Å²) in [6.07, 6.45) is 1.90. The minimum Gasteiger partial charge on any atom is -0.495 e. The molecular formula is C17H16N4O6. The Kier molecular flexibility index (Phi) is 4.88. The molecule has 0 atom stereocenters. The van der Waals surface area contributed by atoms with E-state index >= 15 is 0 Å². The van der Waals surface area contributed by atoms with Gasteiger partial charge in [-0.2, -0.15) is 0 Å². The van der Waals surface area contributed by atoms with Crippen molar-refractivity contribution in [2.75, 3.05) is 17.7 Å². The lowest BCUT2D eigenvalue weighted by molar-refractivity contribution is -0.384. The molecule has 0 heterocycles. The Labute approximate surface area is 153 Å². The van der Waals surface area contributed by atoms with Crippen molar-refractivity contribution < 1.29 is 19.4 Å². The number of hydrogen-bond donors (Lipinski definition) is 2. The maximum absolute atomic E-state index is 12.5. The number of hydrogen-bond acceptors (Lipinski definition) is 7. The first-order valence-electron chi connectivity index (χ1n) is 8.08. The van der Waals surface area contributed by atoms with E-state index in [2.05, 4.69) is 10.6 Å². The number of carbonyl (C=O) groups is 1. The number of rotatable bonds is 7. The smallest absolute Gasteiger partial charge is 0.293 e. The number of benzene rings is 2. The second kappa shape index (κ2) is 7.28. The number of carbonyl (C=O) groups excluding carboxylic acids is 1. The zero-order chi connectivity index (χ0) is 19.6. The first kappa shape index (κ1) is 18.1. The molecule has 1 aliphatic rings. The van der Waals surface area contributed by atoms with Crippen molar-refractivity contribution >= 4 is 28.7 Å². The van der Waals surface area contributed by atoms with Gasteiger partial charge in [-0.25, -0.2) is 0 Å². The molecule has 1 aliphatic carbocycles. The van der Waals surface area contributed by atoms with Gasteiger partial charge in [0.2, 0.25) is 0 Å². The van der Waals surface area contributed by atoms with Crippen molar-refractivity contribution in [1.29, 1.82) is 0 Å². The zero-order valence-corrected chi connectivity index (χ0v) is 14.3. The summed E-state index contributed by atoms with van der Waals surface area (Å²) in [5, 5.41) is 27.8. The second-order valence-corrected chi connectivity index (χ2v) is 6.00. The average molecular weight is 372 g/mol. The van der Waals surface area contributed by atoms with Crippen LogP contribution >= 0.6 is 0 Å². The van der Waals surface area contributed by atoms with Crippen LogP contribution in [0.15, 0.2) is 36.4 Å². The lowest BCUT2D eigenvalue weighted by Gasteiger charge is -2.11. The Morgan fingerprint density at radius 3 is 2.41 bits per heavy atom. The molecule has 1 amide bonds. The zero-order valence-electron chi connectivity index (χ0n) is 14.3. The van der Waals surface area contributed by atoms with Crippen LogP contribution in [0, 0.1) is 20.2 Å². The van der Waals surface area contributed by atoms with E-state index in [9.17, 15) is 25.0 Å². The Hall–Kier alpha value is -3.69. The third kappa shape index (κ3) is 4.11. The van der Waals surface area contributed by atoms with Crippen molar-refractivity contribution in [3.63, 3.8) is 0 Å². The summed E-state index contributed by atoms with van der Waals surface area (Å²) >= 11 is 0. The van der Waals surface area contributed by atoms with Crippen LogP contribution in [0.5, 0.6) is 5.75 Å². The molecule has 2 aromatic carbocycles. The van der Waals surface area contributed by atoms with Crippen LogP contribution in [0.1, 0.15) is 23.2 Å². The van der Waals surface area contributed by atoms with Crippen LogP contribution in [0.2, 0.25) is 0 Å². The fourth-order valence-corrected chi connectivity index (χ4v) is 2.50. The Morgan fingerprint density at radius 2 is 1.81 bits per heavy atom. The Morgan fingerprint density at radius 1 is 1.07 bits per heavy atom. The molecule has 10 heteroatoms. The first-order chi connectivity index (χ1) is 12.9. The minimum absolute atomic E-state index is 0.0524. The molecule has 0 aromatic heterocycles. The molecule has 140 valence electrons. The number of non-ortho nitro benzene ring substituents is 1. The summed E-state index contributed by atoms with van der Waals surface area (Å²) in [5.41, 5.74) is 0.0738. The molecule has 3 rings (SSSR count). The second-order valence-electron chi connectivity index (χ2n) is 6.00. The third-order valence-corrected chi connectivity index (χ3v) is 4.04. The number of nitro benzene ring substituents is 2. The highest BCUT2D eigenvalue weighted by Gasteiger charge is 2.26. The lowest BCUT2D eigenvalue weighted by atomic mass is 10.1. The van der Waals surface area contributed by atoms with Gasteiger partial charge in [-0.05, 0) is 31.0 Å². The molecule has 1 saturated carbocycles. The van der Waals surface area contributed by atoms with Crippen LogP contribution in [0.3, 0.4) is 0 Å². The van der Waals surface area contributed by atoms with E-state index in [-0.39, 0.29) is 34.4 Å². The van der Waals surface area contributed by atoms with E-state index in [0.29, 0.717) is 5.69 Å². The van der Waals surface area contributed by atoms with E-state index in [1.807, 2.05) is 0 Å². The fourth-order valence-electron chi connectivity index (χ4n) is 2.50. The first-order valence-corrected chi connectivity index (χ1v) is 8.08. The van der Waals surface area contributed by atoms with E-state index in [4.69, 9.17) is 4.74 Å². The van der Waals surface area contributed by atoms with Gasteiger partial charge in [0, 0.05) is 29.8 Å². The number of methoxy groups -OCH3 is 1. The number of nitro groups is 2. The summed E-state index contributed by atoms with van der Waals surface area (Å²) in [5.74, 6) is -0.412. The van der Waals surface area contributed by atoms with Crippen molar-refractivity contribution in [2.45, 2.75) is 18.9 Å². The molecule has 0 saturated heterocycles. The molecule has 0 bridgehead atoms. The Balaban J connectivity index is 1.87. The summed E-state index contributed by atoms with van der Waals surface area (Å²) < 4.78 is 5.09. The molecule has 0 radical (unpaired) electrons. The fraction of sp³-hybridized carbons (Fsp3) is 0.235. The van der Waals surface area contributed by atoms with Crippen LogP contribution in [-0.4, -0.2) is 28.9 Å². The highest BCUT2D eigenvalue weighted by Crippen LogP contribution is 2.33. The van der Waals surface area contributed by atoms with Gasteiger partial charge in [-0.15, -0.1) is 0 Å². The Bertz CT molecular complexity index is 926. The topological polar surface area (TPSA) is 137 Å². The van der Waals surface area contributed by atoms with Crippen LogP contribution < -0.4 is 15.4 Å². The monoisotopic (exact) mass is 372 g/mol. The van der Waals surface area contributed by atoms with Crippen molar-refractivity contribution in [3.05, 3.63) is 62.2 Å². The average Bonchev–Trinajstić information content (AvgIpc) is 3.45. The van der Waals surface area contributed by atoms with Gasteiger partial charge in [0.15, 0.2) is 0 Å². The highest BCUT2D eigenvalue weighted by molar-refractivity contribution is 6.06. The van der Waals surface area contributed by atoms with Gasteiger partial charge in [0.1, 0.15) is 11.4 Å². The summed E-state index contributed by atoms with van der Waals surface area (Å²) in [6, 6.07) is 8.10. The predicted octanol–water partition coefficient (Wildman–Crippen LogP) is 3.34. The maximum atomic E-state index is 12.5. The standard InChI is InChI=1S/C17H16N4O6/c1-27-16-7-5-12(20(23)24)9-14(16)19-17(22)10-2-6-13(18-11-3-4-11)15(8-10)21(25)26/h2,5-9,11,18H,3-4H2,1H3,(H,19,22). The van der Waals surface area contributed by atoms with Gasteiger partial charge in [0.25, 0.3) is 17.3 Å². The van der Waals surface area contributed by atoms with Gasteiger partial charge in [-0.3, -0.25) is 25.0 Å². The number of nitrogens with one attached hydrogen (secondary N) is 2. The molecular weight excluding hydrogens is 356 g/mol. The minimum atomic E-state index is -0.644. The van der Waals surface area contributed by atoms with Crippen LogP contribution in [0.25, 0.3) is 0 Å². The lowest BCUT2D eigenvalue weighted by Crippen LogP contribution is -2.14. The van der Waals surface area contributed by atoms with E-state index in [1.54, 1.807) is 0 Å². The van der Waals surface area contributed by atoms with E-state index in [0.717, 1.165) is 18.9 Å². The SMILES string of the molecule is COc1ccc([N+](=O)[O-])cc1NC(=O)c1ccc(NC2CC2)c([N+](=O)[O-])c1. The summed E-state index contributed by atoms with van der Waals surface area (Å²) in [6.45, 7) is 0. The predicted molar refractivity (Wildman–Crippen MR) is 97.3 cm³/mol. The molecule has 0 spiro atoms. The molecule has 1 fully saturated rings. The molecule has 10 nitrogen and oxygen atoms in total. The molecule has 2 N–H and O–H groups in total. The number of amides is 1. The summed E-state index contributed by atoms with van der Waals surface area (Å²) in [4.78, 5) is 33.6. The van der Waals surface area contributed by atoms with E-state index in [1.165, 1.54) is 37.4 Å². The van der Waals surface area contributed by atoms with Crippen molar-refractivity contribution in [1.82, 2.24) is 0 Å². The van der Waals surface area contributed by atoms with Crippen LogP contribution in [0.4, 0.5) is 22.7 Å². The van der Waals surface area contributed by atoms with Gasteiger partial charge >= 0.3 is 0 Å². The maximum Gasteiger partial charge on any atom is 0.293 e. The quantitative estimate of drug-likeness (QED) is 0.561. The summed E-state index contributed by atoms with van der Waals surface area (Å²) in [7, 11) is 1.36. The normalized spacial score (nSPS) is 12.9. The molecule has 27 heavy (non-hydrogen) atoms. The molecule has 2 aromatic rings. The molecule has 0 aliphatic heterocycles. The van der Waals surface area contributed by atoms with Crippen molar-refractivity contribution in [2.24, 2.45) is 0 Å². The van der Waals surface area contributed by atoms with Crippen molar-refractivity contribution in [3.8, 4) is 5.75 Å². The largest absolute Gasteiger partial charge is 0.495 e. The highest BCUT2D eigenvalue weighted by atomic mass is 16.6.